The summed E-state index contributed by atoms with van der Waals surface area (Å²) < 4.78 is 29.2. The molecule has 1 aliphatic carbocycles. The first-order valence-electron chi connectivity index (χ1n) is 7.21. The van der Waals surface area contributed by atoms with E-state index in [0.29, 0.717) is 18.4 Å². The largest absolute Gasteiger partial charge is 0.433 e. The Labute approximate surface area is 127 Å². The smallest absolute Gasteiger partial charge is 0.387 e. The molecular weight excluding hydrogens is 294 g/mol. The summed E-state index contributed by atoms with van der Waals surface area (Å²) in [5.74, 6) is -0.0928. The van der Waals surface area contributed by atoms with Crippen LogP contribution in [0.4, 0.5) is 19.3 Å². The maximum absolute atomic E-state index is 12.4. The molecule has 0 aliphatic heterocycles. The second kappa shape index (κ2) is 6.91. The maximum Gasteiger partial charge on any atom is 0.387 e. The van der Waals surface area contributed by atoms with Crippen LogP contribution in [0, 0.1) is 6.92 Å². The number of anilines is 1. The van der Waals surface area contributed by atoms with E-state index in [0.717, 1.165) is 12.8 Å². The van der Waals surface area contributed by atoms with Gasteiger partial charge in [-0.25, -0.2) is 4.79 Å². The molecule has 0 atom stereocenters. The Morgan fingerprint density at radius 3 is 2.73 bits per heavy atom. The Kier molecular flexibility index (Phi) is 5.18. The molecule has 1 fully saturated rings. The second-order valence-corrected chi connectivity index (χ2v) is 5.57. The molecule has 5 nitrogen and oxygen atoms in total. The summed E-state index contributed by atoms with van der Waals surface area (Å²) >= 11 is 0. The molecule has 0 radical (unpaired) electrons. The first kappa shape index (κ1) is 16.5. The number of aliphatic hydroxyl groups is 1. The van der Waals surface area contributed by atoms with Gasteiger partial charge in [0.1, 0.15) is 5.75 Å². The molecule has 22 heavy (non-hydrogen) atoms. The maximum atomic E-state index is 12.4. The lowest BCUT2D eigenvalue weighted by molar-refractivity contribution is -0.0493. The summed E-state index contributed by atoms with van der Waals surface area (Å²) in [5, 5.41) is 15.3. The van der Waals surface area contributed by atoms with Crippen LogP contribution in [0.15, 0.2) is 18.2 Å². The minimum atomic E-state index is -2.97. The molecule has 0 aromatic heterocycles. The number of benzene rings is 1. The van der Waals surface area contributed by atoms with E-state index in [-0.39, 0.29) is 18.0 Å². The topological polar surface area (TPSA) is 70.6 Å². The zero-order chi connectivity index (χ0) is 16.2. The van der Waals surface area contributed by atoms with Crippen LogP contribution in [0.1, 0.15) is 31.2 Å². The van der Waals surface area contributed by atoms with Crippen LogP contribution in [0.3, 0.4) is 0 Å². The number of alkyl halides is 2. The fourth-order valence-corrected chi connectivity index (χ4v) is 2.61. The SMILES string of the molecule is Cc1cccc(OC(F)F)c1NC(=O)NCC1(O)CCCC1. The van der Waals surface area contributed by atoms with Crippen molar-refractivity contribution in [2.24, 2.45) is 0 Å². The van der Waals surface area contributed by atoms with Crippen molar-refractivity contribution in [1.82, 2.24) is 5.32 Å². The van der Waals surface area contributed by atoms with Crippen LogP contribution in [-0.2, 0) is 0 Å². The van der Waals surface area contributed by atoms with Gasteiger partial charge in [-0.15, -0.1) is 0 Å². The standard InChI is InChI=1S/C15H20F2N2O3/c1-10-5-4-6-11(22-13(16)17)12(10)19-14(20)18-9-15(21)7-2-3-8-15/h4-6,13,21H,2-3,7-9H2,1H3,(H2,18,19,20). The van der Waals surface area contributed by atoms with Gasteiger partial charge in [0.25, 0.3) is 0 Å². The fourth-order valence-electron chi connectivity index (χ4n) is 2.61. The van der Waals surface area contributed by atoms with E-state index in [2.05, 4.69) is 15.4 Å². The number of hydrogen-bond donors (Lipinski definition) is 3. The number of carbonyl (C=O) groups is 1. The Hall–Kier alpha value is -1.89. The van der Waals surface area contributed by atoms with Crippen molar-refractivity contribution in [1.29, 1.82) is 0 Å². The Bertz CT molecular complexity index is 532. The summed E-state index contributed by atoms with van der Waals surface area (Å²) in [4.78, 5) is 11.9. The molecular formula is C15H20F2N2O3. The van der Waals surface area contributed by atoms with Gasteiger partial charge in [-0.2, -0.15) is 8.78 Å². The van der Waals surface area contributed by atoms with E-state index < -0.39 is 18.2 Å². The zero-order valence-corrected chi connectivity index (χ0v) is 12.4. The lowest BCUT2D eigenvalue weighted by Crippen LogP contribution is -2.42. The van der Waals surface area contributed by atoms with Crippen LogP contribution in [0.25, 0.3) is 0 Å². The minimum Gasteiger partial charge on any atom is -0.433 e. The summed E-state index contributed by atoms with van der Waals surface area (Å²) in [6.45, 7) is -1.15. The molecule has 0 bridgehead atoms. The number of hydrogen-bond acceptors (Lipinski definition) is 3. The lowest BCUT2D eigenvalue weighted by Gasteiger charge is -2.23. The number of aryl methyl sites for hydroxylation is 1. The number of carbonyl (C=O) groups excluding carboxylic acids is 1. The van der Waals surface area contributed by atoms with Crippen LogP contribution >= 0.6 is 0 Å². The second-order valence-electron chi connectivity index (χ2n) is 5.57. The van der Waals surface area contributed by atoms with Crippen molar-refractivity contribution >= 4 is 11.7 Å². The Morgan fingerprint density at radius 2 is 2.09 bits per heavy atom. The van der Waals surface area contributed by atoms with Gasteiger partial charge in [-0.05, 0) is 31.4 Å². The zero-order valence-electron chi connectivity index (χ0n) is 12.4. The Morgan fingerprint density at radius 1 is 1.41 bits per heavy atom. The van der Waals surface area contributed by atoms with Gasteiger partial charge in [0.15, 0.2) is 0 Å². The number of ether oxygens (including phenoxy) is 1. The molecule has 1 aliphatic rings. The fraction of sp³-hybridized carbons (Fsp3) is 0.533. The van der Waals surface area contributed by atoms with Crippen LogP contribution in [-0.4, -0.2) is 29.9 Å². The third-order valence-electron chi connectivity index (χ3n) is 3.80. The third-order valence-corrected chi connectivity index (χ3v) is 3.80. The van der Waals surface area contributed by atoms with Crippen LogP contribution < -0.4 is 15.4 Å². The van der Waals surface area contributed by atoms with Crippen molar-refractivity contribution in [2.75, 3.05) is 11.9 Å². The average Bonchev–Trinajstić information content (AvgIpc) is 2.87. The monoisotopic (exact) mass is 314 g/mol. The van der Waals surface area contributed by atoms with Crippen LogP contribution in [0.5, 0.6) is 5.75 Å². The van der Waals surface area contributed by atoms with E-state index in [1.54, 1.807) is 19.1 Å². The predicted molar refractivity (Wildman–Crippen MR) is 78.3 cm³/mol. The highest BCUT2D eigenvalue weighted by molar-refractivity contribution is 5.92. The van der Waals surface area contributed by atoms with Crippen LogP contribution in [0.2, 0.25) is 0 Å². The summed E-state index contributed by atoms with van der Waals surface area (Å²) in [6, 6.07) is 4.04. The molecule has 1 saturated carbocycles. The highest BCUT2D eigenvalue weighted by atomic mass is 19.3. The molecule has 0 heterocycles. The Balaban J connectivity index is 1.98. The van der Waals surface area contributed by atoms with Crippen molar-refractivity contribution in [3.8, 4) is 5.75 Å². The van der Waals surface area contributed by atoms with E-state index >= 15 is 0 Å². The van der Waals surface area contributed by atoms with Crippen molar-refractivity contribution < 1.29 is 23.4 Å². The number of nitrogens with one attached hydrogen (secondary N) is 2. The quantitative estimate of drug-likeness (QED) is 0.782. The van der Waals surface area contributed by atoms with Gasteiger partial charge in [0.2, 0.25) is 0 Å². The van der Waals surface area contributed by atoms with Gasteiger partial charge in [0.05, 0.1) is 11.3 Å². The van der Waals surface area contributed by atoms with Crippen molar-refractivity contribution in [3.05, 3.63) is 23.8 Å². The molecule has 3 N–H and O–H groups in total. The van der Waals surface area contributed by atoms with Gasteiger partial charge in [-0.1, -0.05) is 25.0 Å². The third kappa shape index (κ3) is 4.30. The number of halogens is 2. The van der Waals surface area contributed by atoms with Crippen molar-refractivity contribution in [3.63, 3.8) is 0 Å². The predicted octanol–water partition coefficient (Wildman–Crippen LogP) is 3.02. The van der Waals surface area contributed by atoms with E-state index in [4.69, 9.17) is 0 Å². The molecule has 122 valence electrons. The number of urea groups is 1. The normalized spacial score (nSPS) is 16.6. The number of amides is 2. The number of rotatable bonds is 5. The molecule has 1 aromatic carbocycles. The minimum absolute atomic E-state index is 0.0928. The van der Waals surface area contributed by atoms with E-state index in [1.165, 1.54) is 6.07 Å². The molecule has 7 heteroatoms. The molecule has 2 rings (SSSR count). The van der Waals surface area contributed by atoms with E-state index in [1.807, 2.05) is 0 Å². The highest BCUT2D eigenvalue weighted by Crippen LogP contribution is 2.30. The summed E-state index contributed by atoms with van der Waals surface area (Å²) in [7, 11) is 0. The molecule has 0 unspecified atom stereocenters. The average molecular weight is 314 g/mol. The first-order chi connectivity index (χ1) is 10.4. The van der Waals surface area contributed by atoms with Gasteiger partial charge < -0.3 is 20.5 Å². The lowest BCUT2D eigenvalue weighted by atomic mass is 10.0. The van der Waals surface area contributed by atoms with Crippen molar-refractivity contribution in [2.45, 2.75) is 44.8 Å². The first-order valence-corrected chi connectivity index (χ1v) is 7.21. The van der Waals surface area contributed by atoms with Gasteiger partial charge in [0, 0.05) is 6.54 Å². The van der Waals surface area contributed by atoms with E-state index in [9.17, 15) is 18.7 Å². The summed E-state index contributed by atoms with van der Waals surface area (Å²) in [6.07, 6.45) is 3.17. The highest BCUT2D eigenvalue weighted by Gasteiger charge is 2.31. The molecule has 2 amide bonds. The molecule has 0 spiro atoms. The van der Waals surface area contributed by atoms with Gasteiger partial charge in [-0.3, -0.25) is 0 Å². The number of para-hydroxylation sites is 1. The van der Waals surface area contributed by atoms with Gasteiger partial charge >= 0.3 is 12.6 Å². The molecule has 1 aromatic rings. The molecule has 0 saturated heterocycles. The summed E-state index contributed by atoms with van der Waals surface area (Å²) in [5.41, 5.74) is -0.0719.